The lowest BCUT2D eigenvalue weighted by atomic mass is 10.1. The summed E-state index contributed by atoms with van der Waals surface area (Å²) in [6.07, 6.45) is 3.79. The van der Waals surface area contributed by atoms with Crippen molar-refractivity contribution in [1.82, 2.24) is 24.6 Å². The third kappa shape index (κ3) is 4.86. The summed E-state index contributed by atoms with van der Waals surface area (Å²) < 4.78 is 2.09. The van der Waals surface area contributed by atoms with Crippen LogP contribution in [0.1, 0.15) is 28.1 Å². The van der Waals surface area contributed by atoms with Crippen molar-refractivity contribution in [3.63, 3.8) is 0 Å². The molecule has 148 valence electrons. The summed E-state index contributed by atoms with van der Waals surface area (Å²) in [7, 11) is 4.24. The zero-order valence-electron chi connectivity index (χ0n) is 17.7. The zero-order valence-corrected chi connectivity index (χ0v) is 17.7. The van der Waals surface area contributed by atoms with Gasteiger partial charge in [0.25, 0.3) is 0 Å². The van der Waals surface area contributed by atoms with Gasteiger partial charge in [0.15, 0.2) is 0 Å². The van der Waals surface area contributed by atoms with E-state index in [2.05, 4.69) is 84.7 Å². The van der Waals surface area contributed by atoms with Crippen LogP contribution >= 0.6 is 0 Å². The lowest BCUT2D eigenvalue weighted by Crippen LogP contribution is -2.31. The molecule has 3 aromatic rings. The largest absolute Gasteiger partial charge is 0.308 e. The smallest absolute Gasteiger partial charge is 0.0678 e. The standard InChI is InChI=1S/C23H31N5/c1-18-9-6-7-11-23(18)28-20(3)22(19(2)25-28)17-27(14-13-26(4)5)16-21-10-8-12-24-15-21/h6-12,15H,13-14,16-17H2,1-5H3. The molecule has 0 saturated carbocycles. The van der Waals surface area contributed by atoms with E-state index in [9.17, 15) is 0 Å². The fourth-order valence-corrected chi connectivity index (χ4v) is 3.47. The number of aryl methyl sites for hydroxylation is 2. The van der Waals surface area contributed by atoms with Gasteiger partial charge in [-0.25, -0.2) is 4.68 Å². The van der Waals surface area contributed by atoms with E-state index in [0.29, 0.717) is 0 Å². The Morgan fingerprint density at radius 2 is 1.71 bits per heavy atom. The summed E-state index contributed by atoms with van der Waals surface area (Å²) in [6, 6.07) is 12.6. The van der Waals surface area contributed by atoms with Crippen LogP contribution in [0, 0.1) is 20.8 Å². The molecule has 0 bridgehead atoms. The van der Waals surface area contributed by atoms with Gasteiger partial charge in [0.05, 0.1) is 11.4 Å². The number of likely N-dealkylation sites (N-methyl/N-ethyl adjacent to an activating group) is 1. The van der Waals surface area contributed by atoms with Crippen molar-refractivity contribution >= 4 is 0 Å². The summed E-state index contributed by atoms with van der Waals surface area (Å²) >= 11 is 0. The minimum atomic E-state index is 0.881. The van der Waals surface area contributed by atoms with E-state index in [0.717, 1.165) is 37.6 Å². The molecule has 5 nitrogen and oxygen atoms in total. The zero-order chi connectivity index (χ0) is 20.1. The van der Waals surface area contributed by atoms with Gasteiger partial charge in [-0.2, -0.15) is 5.10 Å². The van der Waals surface area contributed by atoms with Crippen molar-refractivity contribution in [1.29, 1.82) is 0 Å². The minimum Gasteiger partial charge on any atom is -0.308 e. The highest BCUT2D eigenvalue weighted by molar-refractivity contribution is 5.42. The van der Waals surface area contributed by atoms with Crippen LogP contribution < -0.4 is 0 Å². The molecule has 28 heavy (non-hydrogen) atoms. The maximum atomic E-state index is 4.86. The normalized spacial score (nSPS) is 11.5. The van der Waals surface area contributed by atoms with E-state index in [4.69, 9.17) is 5.10 Å². The first-order chi connectivity index (χ1) is 13.5. The van der Waals surface area contributed by atoms with Gasteiger partial charge in [-0.3, -0.25) is 9.88 Å². The first-order valence-corrected chi connectivity index (χ1v) is 9.83. The molecule has 0 amide bonds. The van der Waals surface area contributed by atoms with Gasteiger partial charge in [0.1, 0.15) is 0 Å². The number of hydrogen-bond acceptors (Lipinski definition) is 4. The van der Waals surface area contributed by atoms with Crippen molar-refractivity contribution in [3.8, 4) is 5.69 Å². The highest BCUT2D eigenvalue weighted by Gasteiger charge is 2.17. The molecule has 3 rings (SSSR count). The van der Waals surface area contributed by atoms with Crippen molar-refractivity contribution < 1.29 is 0 Å². The van der Waals surface area contributed by atoms with Gasteiger partial charge in [0.2, 0.25) is 0 Å². The van der Waals surface area contributed by atoms with Crippen LogP contribution in [0.2, 0.25) is 0 Å². The Morgan fingerprint density at radius 3 is 2.39 bits per heavy atom. The second kappa shape index (κ2) is 9.13. The van der Waals surface area contributed by atoms with Crippen LogP contribution in [0.5, 0.6) is 0 Å². The molecule has 0 fully saturated rings. The minimum absolute atomic E-state index is 0.881. The number of hydrogen-bond donors (Lipinski definition) is 0. The van der Waals surface area contributed by atoms with E-state index in [-0.39, 0.29) is 0 Å². The van der Waals surface area contributed by atoms with Gasteiger partial charge >= 0.3 is 0 Å². The average molecular weight is 378 g/mol. The van der Waals surface area contributed by atoms with E-state index in [1.807, 2.05) is 18.5 Å². The van der Waals surface area contributed by atoms with Gasteiger partial charge in [-0.15, -0.1) is 0 Å². The van der Waals surface area contributed by atoms with E-state index in [1.54, 1.807) is 0 Å². The Labute approximate surface area is 168 Å². The van der Waals surface area contributed by atoms with Crippen molar-refractivity contribution in [3.05, 3.63) is 76.9 Å². The second-order valence-corrected chi connectivity index (χ2v) is 7.72. The third-order valence-corrected chi connectivity index (χ3v) is 5.16. The van der Waals surface area contributed by atoms with E-state index in [1.165, 1.54) is 22.4 Å². The molecule has 2 heterocycles. The number of benzene rings is 1. The Bertz CT molecular complexity index is 899. The Balaban J connectivity index is 1.86. The van der Waals surface area contributed by atoms with Crippen LogP contribution in [0.3, 0.4) is 0 Å². The van der Waals surface area contributed by atoms with Gasteiger partial charge in [-0.05, 0) is 58.1 Å². The molecule has 0 unspecified atom stereocenters. The molecule has 2 aromatic heterocycles. The fraction of sp³-hybridized carbons (Fsp3) is 0.391. The summed E-state index contributed by atoms with van der Waals surface area (Å²) in [5, 5.41) is 4.86. The quantitative estimate of drug-likeness (QED) is 0.599. The van der Waals surface area contributed by atoms with E-state index < -0.39 is 0 Å². The Kier molecular flexibility index (Phi) is 6.60. The predicted octanol–water partition coefficient (Wildman–Crippen LogP) is 3.76. The van der Waals surface area contributed by atoms with Gasteiger partial charge in [0, 0.05) is 49.8 Å². The van der Waals surface area contributed by atoms with Crippen LogP contribution in [0.25, 0.3) is 5.69 Å². The van der Waals surface area contributed by atoms with Crippen LogP contribution in [0.15, 0.2) is 48.8 Å². The van der Waals surface area contributed by atoms with Crippen LogP contribution in [-0.2, 0) is 13.1 Å². The van der Waals surface area contributed by atoms with Crippen LogP contribution in [0.4, 0.5) is 0 Å². The molecule has 0 aliphatic rings. The summed E-state index contributed by atoms with van der Waals surface area (Å²) in [6.45, 7) is 10.2. The number of para-hydroxylation sites is 1. The molecular formula is C23H31N5. The highest BCUT2D eigenvalue weighted by atomic mass is 15.3. The molecule has 0 aliphatic heterocycles. The van der Waals surface area contributed by atoms with Crippen molar-refractivity contribution in [2.75, 3.05) is 27.2 Å². The molecular weight excluding hydrogens is 346 g/mol. The van der Waals surface area contributed by atoms with Crippen LogP contribution in [-0.4, -0.2) is 51.7 Å². The second-order valence-electron chi connectivity index (χ2n) is 7.72. The topological polar surface area (TPSA) is 37.2 Å². The Morgan fingerprint density at radius 1 is 0.929 bits per heavy atom. The number of aromatic nitrogens is 3. The summed E-state index contributed by atoms with van der Waals surface area (Å²) in [4.78, 5) is 8.99. The lowest BCUT2D eigenvalue weighted by Gasteiger charge is -2.24. The first kappa shape index (κ1) is 20.2. The monoisotopic (exact) mass is 377 g/mol. The van der Waals surface area contributed by atoms with Gasteiger partial charge < -0.3 is 4.90 Å². The number of nitrogens with zero attached hydrogens (tertiary/aromatic N) is 5. The SMILES string of the molecule is Cc1ccccc1-n1nc(C)c(CN(CCN(C)C)Cc2cccnc2)c1C. The Hall–Kier alpha value is -2.50. The first-order valence-electron chi connectivity index (χ1n) is 9.83. The third-order valence-electron chi connectivity index (χ3n) is 5.16. The average Bonchev–Trinajstić information content (AvgIpc) is 2.95. The molecule has 0 aliphatic carbocycles. The predicted molar refractivity (Wildman–Crippen MR) is 115 cm³/mol. The summed E-state index contributed by atoms with van der Waals surface area (Å²) in [5.74, 6) is 0. The van der Waals surface area contributed by atoms with Crippen molar-refractivity contribution in [2.45, 2.75) is 33.9 Å². The molecule has 0 spiro atoms. The molecule has 0 atom stereocenters. The van der Waals surface area contributed by atoms with Gasteiger partial charge in [-0.1, -0.05) is 24.3 Å². The molecule has 0 N–H and O–H groups in total. The summed E-state index contributed by atoms with van der Waals surface area (Å²) in [5.41, 5.74) is 7.25. The molecule has 0 radical (unpaired) electrons. The van der Waals surface area contributed by atoms with E-state index >= 15 is 0 Å². The fourth-order valence-electron chi connectivity index (χ4n) is 3.47. The number of pyridine rings is 1. The molecule has 1 aromatic carbocycles. The van der Waals surface area contributed by atoms with Crippen molar-refractivity contribution in [2.24, 2.45) is 0 Å². The molecule has 5 heteroatoms. The maximum Gasteiger partial charge on any atom is 0.0678 e. The molecule has 0 saturated heterocycles. The highest BCUT2D eigenvalue weighted by Crippen LogP contribution is 2.22. The number of rotatable bonds is 8. The maximum absolute atomic E-state index is 4.86. The lowest BCUT2D eigenvalue weighted by molar-refractivity contribution is 0.225.